The van der Waals surface area contributed by atoms with E-state index < -0.39 is 11.7 Å². The van der Waals surface area contributed by atoms with Gasteiger partial charge in [0.25, 0.3) is 5.91 Å². The number of methoxy groups -OCH3 is 1. The first-order chi connectivity index (χ1) is 13.4. The summed E-state index contributed by atoms with van der Waals surface area (Å²) in [5.74, 6) is -1.15. The zero-order valence-electron chi connectivity index (χ0n) is 15.3. The van der Waals surface area contributed by atoms with E-state index in [0.29, 0.717) is 5.69 Å². The number of hydrogen-bond donors (Lipinski definition) is 4. The van der Waals surface area contributed by atoms with Crippen molar-refractivity contribution in [3.8, 4) is 5.88 Å². The van der Waals surface area contributed by atoms with Gasteiger partial charge in [-0.3, -0.25) is 4.79 Å². The Morgan fingerprint density at radius 3 is 2.71 bits per heavy atom. The fraction of sp³-hybridized carbons (Fsp3) is 0.389. The van der Waals surface area contributed by atoms with Crippen LogP contribution in [0.15, 0.2) is 18.3 Å². The van der Waals surface area contributed by atoms with Crippen LogP contribution in [-0.2, 0) is 0 Å². The fourth-order valence-corrected chi connectivity index (χ4v) is 3.41. The minimum atomic E-state index is -0.817. The fourth-order valence-electron chi connectivity index (χ4n) is 3.17. The molecule has 1 saturated carbocycles. The van der Waals surface area contributed by atoms with E-state index in [1.54, 1.807) is 6.07 Å². The molecule has 10 heteroatoms. The third kappa shape index (κ3) is 4.42. The molecule has 1 amide bonds. The Labute approximate surface area is 166 Å². The van der Waals surface area contributed by atoms with Gasteiger partial charge in [0.1, 0.15) is 10.8 Å². The largest absolute Gasteiger partial charge is 0.480 e. The zero-order chi connectivity index (χ0) is 20.3. The Bertz CT molecular complexity index is 881. The highest BCUT2D eigenvalue weighted by Crippen LogP contribution is 2.29. The monoisotopic (exact) mass is 408 g/mol. The number of primary amides is 1. The summed E-state index contributed by atoms with van der Waals surface area (Å²) >= 11 is 6.07. The first kappa shape index (κ1) is 20.1. The Hall–Kier alpha value is -2.65. The van der Waals surface area contributed by atoms with E-state index in [1.807, 2.05) is 0 Å². The van der Waals surface area contributed by atoms with Gasteiger partial charge >= 0.3 is 0 Å². The molecule has 2 aromatic heterocycles. The molecule has 1 fully saturated rings. The molecule has 0 aliphatic heterocycles. The Balaban J connectivity index is 1.92. The summed E-state index contributed by atoms with van der Waals surface area (Å²) in [6, 6.07) is 2.41. The number of carbonyl (C=O) groups excluding carboxylic acids is 1. The lowest BCUT2D eigenvalue weighted by molar-refractivity contribution is 0.100. The van der Waals surface area contributed by atoms with Crippen molar-refractivity contribution in [2.45, 2.75) is 37.8 Å². The lowest BCUT2D eigenvalue weighted by Gasteiger charge is -2.30. The predicted molar refractivity (Wildman–Crippen MR) is 106 cm³/mol. The quantitative estimate of drug-likeness (QED) is 0.578. The SMILES string of the molecule is COc1ncc(Nc2nc(N[C@H]3CCCC[C@H]3N)c(F)cc2C(N)=O)cc1Cl. The topological polar surface area (TPSA) is 128 Å². The number of amides is 1. The van der Waals surface area contributed by atoms with Gasteiger partial charge in [0.15, 0.2) is 11.6 Å². The third-order valence-corrected chi connectivity index (χ3v) is 4.92. The minimum Gasteiger partial charge on any atom is -0.480 e. The summed E-state index contributed by atoms with van der Waals surface area (Å²) in [5.41, 5.74) is 11.8. The van der Waals surface area contributed by atoms with Gasteiger partial charge in [0.2, 0.25) is 5.88 Å². The molecule has 1 aliphatic rings. The molecular weight excluding hydrogens is 387 g/mol. The summed E-state index contributed by atoms with van der Waals surface area (Å²) in [6.45, 7) is 0. The number of halogens is 2. The van der Waals surface area contributed by atoms with Crippen LogP contribution < -0.4 is 26.8 Å². The van der Waals surface area contributed by atoms with E-state index >= 15 is 0 Å². The first-order valence-corrected chi connectivity index (χ1v) is 9.26. The van der Waals surface area contributed by atoms with Crippen molar-refractivity contribution in [3.63, 3.8) is 0 Å². The number of hydrogen-bond acceptors (Lipinski definition) is 7. The van der Waals surface area contributed by atoms with Crippen molar-refractivity contribution in [1.29, 1.82) is 0 Å². The van der Waals surface area contributed by atoms with Gasteiger partial charge in [-0.1, -0.05) is 24.4 Å². The van der Waals surface area contributed by atoms with Crippen LogP contribution in [0.5, 0.6) is 5.88 Å². The van der Waals surface area contributed by atoms with Crippen LogP contribution in [-0.4, -0.2) is 35.1 Å². The van der Waals surface area contributed by atoms with Gasteiger partial charge in [0, 0.05) is 12.1 Å². The summed E-state index contributed by atoms with van der Waals surface area (Å²) in [4.78, 5) is 20.0. The van der Waals surface area contributed by atoms with Crippen molar-refractivity contribution in [2.75, 3.05) is 17.7 Å². The molecule has 0 bridgehead atoms. The molecule has 0 saturated heterocycles. The van der Waals surface area contributed by atoms with E-state index in [2.05, 4.69) is 20.6 Å². The van der Waals surface area contributed by atoms with Crippen LogP contribution in [0.3, 0.4) is 0 Å². The minimum absolute atomic E-state index is 0.00224. The van der Waals surface area contributed by atoms with Gasteiger partial charge in [-0.2, -0.15) is 0 Å². The zero-order valence-corrected chi connectivity index (χ0v) is 16.1. The molecule has 6 N–H and O–H groups in total. The summed E-state index contributed by atoms with van der Waals surface area (Å²) < 4.78 is 19.5. The summed E-state index contributed by atoms with van der Waals surface area (Å²) in [6.07, 6.45) is 5.19. The molecule has 2 atom stereocenters. The smallest absolute Gasteiger partial charge is 0.252 e. The Kier molecular flexibility index (Phi) is 6.15. The first-order valence-electron chi connectivity index (χ1n) is 8.88. The van der Waals surface area contributed by atoms with Gasteiger partial charge < -0.3 is 26.8 Å². The predicted octanol–water partition coefficient (Wildman–Crippen LogP) is 2.80. The number of nitrogens with zero attached hydrogens (tertiary/aromatic N) is 2. The number of nitrogens with two attached hydrogens (primary N) is 2. The van der Waals surface area contributed by atoms with Crippen molar-refractivity contribution >= 4 is 34.8 Å². The highest BCUT2D eigenvalue weighted by molar-refractivity contribution is 6.32. The van der Waals surface area contributed by atoms with E-state index in [9.17, 15) is 9.18 Å². The Morgan fingerprint density at radius 1 is 1.32 bits per heavy atom. The molecule has 8 nitrogen and oxygen atoms in total. The third-order valence-electron chi connectivity index (χ3n) is 4.65. The van der Waals surface area contributed by atoms with Gasteiger partial charge in [-0.15, -0.1) is 0 Å². The van der Waals surface area contributed by atoms with Gasteiger partial charge in [-0.05, 0) is 25.0 Å². The number of anilines is 3. The van der Waals surface area contributed by atoms with Gasteiger partial charge in [0.05, 0.1) is 24.6 Å². The highest BCUT2D eigenvalue weighted by Gasteiger charge is 2.24. The number of rotatable bonds is 6. The van der Waals surface area contributed by atoms with E-state index in [4.69, 9.17) is 27.8 Å². The highest BCUT2D eigenvalue weighted by atomic mass is 35.5. The maximum Gasteiger partial charge on any atom is 0.252 e. The average molecular weight is 409 g/mol. The lowest BCUT2D eigenvalue weighted by Crippen LogP contribution is -2.43. The normalized spacial score (nSPS) is 19.1. The molecule has 0 unspecified atom stereocenters. The number of nitrogens with one attached hydrogen (secondary N) is 2. The van der Waals surface area contributed by atoms with Crippen LogP contribution in [0.4, 0.5) is 21.7 Å². The second-order valence-electron chi connectivity index (χ2n) is 6.62. The van der Waals surface area contributed by atoms with Gasteiger partial charge in [-0.25, -0.2) is 14.4 Å². The summed E-state index contributed by atoms with van der Waals surface area (Å²) in [7, 11) is 1.45. The number of carbonyl (C=O) groups is 1. The Morgan fingerprint density at radius 2 is 2.07 bits per heavy atom. The standard InChI is InChI=1S/C18H22ClFN6O2/c1-28-18-11(19)6-9(8-23-18)24-16-10(15(22)27)7-12(20)17(26-16)25-14-5-3-2-4-13(14)21/h6-8,13-14H,2-5,21H2,1H3,(H2,22,27)(H2,24,25,26)/t13-,14+/m1/s1. The molecular formula is C18H22ClFN6O2. The van der Waals surface area contributed by atoms with E-state index in [1.165, 1.54) is 13.3 Å². The molecule has 3 rings (SSSR count). The summed E-state index contributed by atoms with van der Waals surface area (Å²) in [5, 5.41) is 6.23. The molecule has 28 heavy (non-hydrogen) atoms. The molecule has 1 aliphatic carbocycles. The van der Waals surface area contributed by atoms with Crippen molar-refractivity contribution in [1.82, 2.24) is 9.97 Å². The second kappa shape index (κ2) is 8.57. The maximum atomic E-state index is 14.5. The lowest BCUT2D eigenvalue weighted by atomic mass is 9.91. The number of ether oxygens (including phenoxy) is 1. The van der Waals surface area contributed by atoms with Crippen LogP contribution in [0.2, 0.25) is 5.02 Å². The van der Waals surface area contributed by atoms with Crippen LogP contribution >= 0.6 is 11.6 Å². The van der Waals surface area contributed by atoms with Crippen LogP contribution in [0.1, 0.15) is 36.0 Å². The van der Waals surface area contributed by atoms with E-state index in [-0.39, 0.29) is 40.2 Å². The van der Waals surface area contributed by atoms with Crippen LogP contribution in [0, 0.1) is 5.82 Å². The molecule has 2 heterocycles. The molecule has 0 spiro atoms. The maximum absolute atomic E-state index is 14.5. The number of aromatic nitrogens is 2. The van der Waals surface area contributed by atoms with Crippen LogP contribution in [0.25, 0.3) is 0 Å². The molecule has 2 aromatic rings. The van der Waals surface area contributed by atoms with Crippen molar-refractivity contribution in [3.05, 3.63) is 34.7 Å². The molecule has 0 radical (unpaired) electrons. The van der Waals surface area contributed by atoms with Crippen molar-refractivity contribution in [2.24, 2.45) is 11.5 Å². The van der Waals surface area contributed by atoms with Crippen molar-refractivity contribution < 1.29 is 13.9 Å². The molecule has 150 valence electrons. The number of pyridine rings is 2. The van der Waals surface area contributed by atoms with E-state index in [0.717, 1.165) is 31.7 Å². The average Bonchev–Trinajstić information content (AvgIpc) is 2.66. The molecule has 0 aromatic carbocycles. The second-order valence-corrected chi connectivity index (χ2v) is 7.03.